The molecule has 1 aromatic rings. The quantitative estimate of drug-likeness (QED) is 0.697. The van der Waals surface area contributed by atoms with E-state index >= 15 is 0 Å². The van der Waals surface area contributed by atoms with Gasteiger partial charge in [-0.2, -0.15) is 0 Å². The van der Waals surface area contributed by atoms with Gasteiger partial charge >= 0.3 is 0 Å². The van der Waals surface area contributed by atoms with E-state index in [1.54, 1.807) is 6.92 Å². The minimum atomic E-state index is 0.289. The number of carbonyl (C=O) groups is 1. The number of carbonyl (C=O) groups excluding carboxylic acids is 1. The Morgan fingerprint density at radius 3 is 2.64 bits per heavy atom. The lowest BCUT2D eigenvalue weighted by atomic mass is 10.0. The van der Waals surface area contributed by atoms with Gasteiger partial charge in [-0.05, 0) is 37.3 Å². The standard InChI is InChI=1S/C13H18O/c1-3-12-7-5-9-13(10-12)8-4-6-11(2)14/h5,7,9-10H,3-4,6,8H2,1-2H3. The molecule has 0 aliphatic carbocycles. The molecule has 0 bridgehead atoms. The number of hydrogen-bond donors (Lipinski definition) is 0. The molecule has 0 spiro atoms. The van der Waals surface area contributed by atoms with Crippen LogP contribution in [0.2, 0.25) is 0 Å². The molecule has 1 nitrogen and oxygen atoms in total. The number of aryl methyl sites for hydroxylation is 2. The summed E-state index contributed by atoms with van der Waals surface area (Å²) in [6.07, 6.45) is 3.78. The van der Waals surface area contributed by atoms with Crippen LogP contribution in [0.4, 0.5) is 0 Å². The average Bonchev–Trinajstić information content (AvgIpc) is 2.18. The normalized spacial score (nSPS) is 10.1. The van der Waals surface area contributed by atoms with Gasteiger partial charge in [-0.25, -0.2) is 0 Å². The third-order valence-electron chi connectivity index (χ3n) is 2.39. The molecular formula is C13H18O. The summed E-state index contributed by atoms with van der Waals surface area (Å²) in [6.45, 7) is 3.82. The maximum Gasteiger partial charge on any atom is 0.129 e. The van der Waals surface area contributed by atoms with Crippen molar-refractivity contribution in [3.63, 3.8) is 0 Å². The first-order valence-corrected chi connectivity index (χ1v) is 5.29. The SMILES string of the molecule is CCc1cccc(CCCC(C)=O)c1. The molecule has 0 aromatic heterocycles. The van der Waals surface area contributed by atoms with E-state index in [1.807, 2.05) is 0 Å². The summed E-state index contributed by atoms with van der Waals surface area (Å²) < 4.78 is 0. The molecule has 0 radical (unpaired) electrons. The lowest BCUT2D eigenvalue weighted by molar-refractivity contribution is -0.117. The summed E-state index contributed by atoms with van der Waals surface area (Å²) in [4.78, 5) is 10.8. The molecule has 1 aromatic carbocycles. The molecular weight excluding hydrogens is 172 g/mol. The van der Waals surface area contributed by atoms with E-state index in [0.717, 1.165) is 19.3 Å². The topological polar surface area (TPSA) is 17.1 Å². The molecule has 14 heavy (non-hydrogen) atoms. The van der Waals surface area contributed by atoms with Gasteiger partial charge in [-0.15, -0.1) is 0 Å². The first kappa shape index (κ1) is 11.0. The molecule has 0 aliphatic rings. The van der Waals surface area contributed by atoms with E-state index in [1.165, 1.54) is 11.1 Å². The van der Waals surface area contributed by atoms with Crippen LogP contribution < -0.4 is 0 Å². The largest absolute Gasteiger partial charge is 0.300 e. The molecule has 0 atom stereocenters. The van der Waals surface area contributed by atoms with Crippen molar-refractivity contribution in [2.24, 2.45) is 0 Å². The molecule has 0 unspecified atom stereocenters. The second-order valence-corrected chi connectivity index (χ2v) is 3.73. The highest BCUT2D eigenvalue weighted by molar-refractivity contribution is 5.75. The van der Waals surface area contributed by atoms with Crippen molar-refractivity contribution in [2.75, 3.05) is 0 Å². The summed E-state index contributed by atoms with van der Waals surface area (Å²) in [5.74, 6) is 0.289. The number of benzene rings is 1. The Kier molecular flexibility index (Phi) is 4.37. The Balaban J connectivity index is 2.46. The lowest BCUT2D eigenvalue weighted by Crippen LogP contribution is -1.93. The highest BCUT2D eigenvalue weighted by Gasteiger charge is 1.97. The zero-order valence-corrected chi connectivity index (χ0v) is 9.05. The van der Waals surface area contributed by atoms with Crippen LogP contribution in [0.25, 0.3) is 0 Å². The Hall–Kier alpha value is -1.11. The van der Waals surface area contributed by atoms with Crippen molar-refractivity contribution < 1.29 is 4.79 Å². The predicted molar refractivity (Wildman–Crippen MR) is 59.4 cm³/mol. The lowest BCUT2D eigenvalue weighted by Gasteiger charge is -2.02. The van der Waals surface area contributed by atoms with Gasteiger partial charge in [0.25, 0.3) is 0 Å². The van der Waals surface area contributed by atoms with Gasteiger partial charge < -0.3 is 4.79 Å². The summed E-state index contributed by atoms with van der Waals surface area (Å²) in [7, 11) is 0. The van der Waals surface area contributed by atoms with Crippen LogP contribution >= 0.6 is 0 Å². The number of rotatable bonds is 5. The van der Waals surface area contributed by atoms with Crippen molar-refractivity contribution in [3.8, 4) is 0 Å². The van der Waals surface area contributed by atoms with Crippen LogP contribution in [-0.4, -0.2) is 5.78 Å². The minimum absolute atomic E-state index is 0.289. The van der Waals surface area contributed by atoms with E-state index in [4.69, 9.17) is 0 Å². The maximum atomic E-state index is 10.8. The highest BCUT2D eigenvalue weighted by Crippen LogP contribution is 2.09. The van der Waals surface area contributed by atoms with Gasteiger partial charge in [0, 0.05) is 6.42 Å². The van der Waals surface area contributed by atoms with Crippen molar-refractivity contribution in [3.05, 3.63) is 35.4 Å². The molecule has 0 heterocycles. The Morgan fingerprint density at radius 2 is 2.00 bits per heavy atom. The van der Waals surface area contributed by atoms with E-state index < -0.39 is 0 Å². The fraction of sp³-hybridized carbons (Fsp3) is 0.462. The molecule has 0 N–H and O–H groups in total. The number of Topliss-reactive ketones (excluding diaryl/α,β-unsaturated/α-hetero) is 1. The van der Waals surface area contributed by atoms with Crippen LogP contribution in [0.15, 0.2) is 24.3 Å². The molecule has 76 valence electrons. The Bertz CT molecular complexity index is 302. The first-order chi connectivity index (χ1) is 6.72. The monoisotopic (exact) mass is 190 g/mol. The summed E-state index contributed by atoms with van der Waals surface area (Å²) >= 11 is 0. The third kappa shape index (κ3) is 3.73. The molecule has 0 amide bonds. The van der Waals surface area contributed by atoms with E-state index in [0.29, 0.717) is 6.42 Å². The fourth-order valence-corrected chi connectivity index (χ4v) is 1.55. The number of ketones is 1. The second kappa shape index (κ2) is 5.58. The average molecular weight is 190 g/mol. The van der Waals surface area contributed by atoms with Crippen LogP contribution in [0, 0.1) is 0 Å². The molecule has 1 rings (SSSR count). The van der Waals surface area contributed by atoms with Gasteiger partial charge in [0.15, 0.2) is 0 Å². The summed E-state index contributed by atoms with van der Waals surface area (Å²) in [6, 6.07) is 8.62. The van der Waals surface area contributed by atoms with Crippen molar-refractivity contribution in [1.29, 1.82) is 0 Å². The van der Waals surface area contributed by atoms with Gasteiger partial charge in [0.05, 0.1) is 0 Å². The molecule has 0 fully saturated rings. The van der Waals surface area contributed by atoms with Crippen LogP contribution in [0.5, 0.6) is 0 Å². The zero-order valence-electron chi connectivity index (χ0n) is 9.05. The molecule has 0 aliphatic heterocycles. The van der Waals surface area contributed by atoms with Gasteiger partial charge in [0.1, 0.15) is 5.78 Å². The first-order valence-electron chi connectivity index (χ1n) is 5.29. The van der Waals surface area contributed by atoms with E-state index in [2.05, 4.69) is 31.2 Å². The maximum absolute atomic E-state index is 10.8. The Labute approximate surface area is 86.1 Å². The number of hydrogen-bond acceptors (Lipinski definition) is 1. The van der Waals surface area contributed by atoms with Gasteiger partial charge in [-0.3, -0.25) is 0 Å². The predicted octanol–water partition coefficient (Wildman–Crippen LogP) is 3.16. The second-order valence-electron chi connectivity index (χ2n) is 3.73. The van der Waals surface area contributed by atoms with E-state index in [9.17, 15) is 4.79 Å². The molecule has 0 saturated carbocycles. The molecule has 1 heteroatoms. The van der Waals surface area contributed by atoms with Crippen molar-refractivity contribution in [1.82, 2.24) is 0 Å². The van der Waals surface area contributed by atoms with Crippen molar-refractivity contribution in [2.45, 2.75) is 39.5 Å². The van der Waals surface area contributed by atoms with E-state index in [-0.39, 0.29) is 5.78 Å². The fourth-order valence-electron chi connectivity index (χ4n) is 1.55. The Morgan fingerprint density at radius 1 is 1.29 bits per heavy atom. The zero-order chi connectivity index (χ0) is 10.4. The highest BCUT2D eigenvalue weighted by atomic mass is 16.1. The van der Waals surface area contributed by atoms with Crippen LogP contribution in [0.1, 0.15) is 37.8 Å². The van der Waals surface area contributed by atoms with Gasteiger partial charge in [-0.1, -0.05) is 31.2 Å². The minimum Gasteiger partial charge on any atom is -0.300 e. The summed E-state index contributed by atoms with van der Waals surface area (Å²) in [5, 5.41) is 0. The van der Waals surface area contributed by atoms with Crippen molar-refractivity contribution >= 4 is 5.78 Å². The third-order valence-corrected chi connectivity index (χ3v) is 2.39. The molecule has 0 saturated heterocycles. The smallest absolute Gasteiger partial charge is 0.129 e. The van der Waals surface area contributed by atoms with Crippen LogP contribution in [-0.2, 0) is 17.6 Å². The van der Waals surface area contributed by atoms with Gasteiger partial charge in [0.2, 0.25) is 0 Å². The summed E-state index contributed by atoms with van der Waals surface area (Å²) in [5.41, 5.74) is 2.73. The van der Waals surface area contributed by atoms with Crippen LogP contribution in [0.3, 0.4) is 0 Å².